The predicted molar refractivity (Wildman–Crippen MR) is 61.0 cm³/mol. The largest absolute Gasteiger partial charge is 0.508 e. The third kappa shape index (κ3) is 2.34. The minimum absolute atomic E-state index is 0.132. The van der Waals surface area contributed by atoms with Gasteiger partial charge in [-0.15, -0.1) is 0 Å². The van der Waals surface area contributed by atoms with Crippen molar-refractivity contribution in [2.24, 2.45) is 0 Å². The van der Waals surface area contributed by atoms with Crippen molar-refractivity contribution in [1.82, 2.24) is 0 Å². The molecular formula is C13H17N2O+. The monoisotopic (exact) mass is 217 g/mol. The van der Waals surface area contributed by atoms with Gasteiger partial charge in [-0.05, 0) is 31.4 Å². The van der Waals surface area contributed by atoms with Crippen LogP contribution in [-0.4, -0.2) is 18.2 Å². The Morgan fingerprint density at radius 2 is 2.00 bits per heavy atom. The Labute approximate surface area is 95.9 Å². The van der Waals surface area contributed by atoms with Crippen LogP contribution in [0.25, 0.3) is 0 Å². The maximum absolute atomic E-state index is 9.44. The number of piperidine rings is 1. The lowest BCUT2D eigenvalue weighted by atomic mass is 10.0. The molecule has 0 radical (unpaired) electrons. The number of aromatic hydroxyl groups is 1. The van der Waals surface area contributed by atoms with Gasteiger partial charge in [0.25, 0.3) is 0 Å². The first-order valence-electron chi connectivity index (χ1n) is 5.84. The van der Waals surface area contributed by atoms with Crippen LogP contribution < -0.4 is 4.90 Å². The van der Waals surface area contributed by atoms with Crippen LogP contribution >= 0.6 is 0 Å². The highest BCUT2D eigenvalue weighted by Gasteiger charge is 2.25. The van der Waals surface area contributed by atoms with Gasteiger partial charge in [0.1, 0.15) is 11.8 Å². The molecule has 1 aliphatic rings. The Kier molecular flexibility index (Phi) is 3.43. The topological polar surface area (TPSA) is 48.5 Å². The number of likely N-dealkylation sites (tertiary alicyclic amines) is 1. The van der Waals surface area contributed by atoms with Gasteiger partial charge < -0.3 is 10.0 Å². The molecule has 1 heterocycles. The van der Waals surface area contributed by atoms with E-state index in [2.05, 4.69) is 6.07 Å². The zero-order chi connectivity index (χ0) is 11.4. The van der Waals surface area contributed by atoms with E-state index in [1.807, 2.05) is 6.07 Å². The van der Waals surface area contributed by atoms with Gasteiger partial charge in [-0.25, -0.2) is 0 Å². The molecule has 16 heavy (non-hydrogen) atoms. The normalized spacial score (nSPS) is 18.9. The van der Waals surface area contributed by atoms with Gasteiger partial charge in [0.2, 0.25) is 6.04 Å². The molecule has 1 aliphatic heterocycles. The summed E-state index contributed by atoms with van der Waals surface area (Å²) < 4.78 is 0. The SMILES string of the molecule is N#C[C@@H](c1cccc(O)c1)[NH+]1CCCCC1. The molecule has 0 amide bonds. The van der Waals surface area contributed by atoms with Crippen LogP contribution in [-0.2, 0) is 0 Å². The van der Waals surface area contributed by atoms with E-state index in [1.54, 1.807) is 18.2 Å². The number of nitrogens with one attached hydrogen (secondary N) is 1. The van der Waals surface area contributed by atoms with E-state index in [0.717, 1.165) is 18.7 Å². The van der Waals surface area contributed by atoms with E-state index >= 15 is 0 Å². The summed E-state index contributed by atoms with van der Waals surface area (Å²) in [7, 11) is 0. The summed E-state index contributed by atoms with van der Waals surface area (Å²) in [6, 6.07) is 9.31. The molecule has 0 bridgehead atoms. The van der Waals surface area contributed by atoms with Gasteiger partial charge in [0, 0.05) is 5.56 Å². The fourth-order valence-corrected chi connectivity index (χ4v) is 2.40. The lowest BCUT2D eigenvalue weighted by Crippen LogP contribution is -3.13. The fourth-order valence-electron chi connectivity index (χ4n) is 2.40. The summed E-state index contributed by atoms with van der Waals surface area (Å²) in [6.07, 6.45) is 3.68. The molecule has 2 N–H and O–H groups in total. The van der Waals surface area contributed by atoms with Gasteiger partial charge in [0.05, 0.1) is 13.1 Å². The number of rotatable bonds is 2. The van der Waals surface area contributed by atoms with Crippen molar-refractivity contribution in [3.63, 3.8) is 0 Å². The number of benzene rings is 1. The Balaban J connectivity index is 2.18. The molecule has 0 saturated carbocycles. The van der Waals surface area contributed by atoms with Gasteiger partial charge in [-0.3, -0.25) is 0 Å². The van der Waals surface area contributed by atoms with Gasteiger partial charge in [-0.1, -0.05) is 12.1 Å². The second-order valence-electron chi connectivity index (χ2n) is 4.38. The second kappa shape index (κ2) is 5.00. The van der Waals surface area contributed by atoms with E-state index in [1.165, 1.54) is 24.2 Å². The predicted octanol–water partition coefficient (Wildman–Crippen LogP) is 1.03. The Hall–Kier alpha value is -1.53. The Morgan fingerprint density at radius 3 is 2.62 bits per heavy atom. The summed E-state index contributed by atoms with van der Waals surface area (Å²) >= 11 is 0. The molecule has 1 aromatic carbocycles. The van der Waals surface area contributed by atoms with Crippen molar-refractivity contribution in [2.45, 2.75) is 25.3 Å². The van der Waals surface area contributed by atoms with E-state index in [9.17, 15) is 10.4 Å². The maximum Gasteiger partial charge on any atom is 0.200 e. The van der Waals surface area contributed by atoms with Crippen LogP contribution in [0.1, 0.15) is 30.9 Å². The van der Waals surface area contributed by atoms with Crippen LogP contribution in [0, 0.1) is 11.3 Å². The van der Waals surface area contributed by atoms with Crippen molar-refractivity contribution < 1.29 is 10.0 Å². The highest BCUT2D eigenvalue weighted by atomic mass is 16.3. The third-order valence-electron chi connectivity index (χ3n) is 3.24. The first kappa shape index (κ1) is 11.0. The molecule has 0 aliphatic carbocycles. The van der Waals surface area contributed by atoms with E-state index < -0.39 is 0 Å². The number of phenols is 1. The molecule has 3 heteroatoms. The maximum atomic E-state index is 9.44. The average Bonchev–Trinajstić information content (AvgIpc) is 2.31. The van der Waals surface area contributed by atoms with Gasteiger partial charge >= 0.3 is 0 Å². The quantitative estimate of drug-likeness (QED) is 0.777. The first-order chi connectivity index (χ1) is 7.81. The Morgan fingerprint density at radius 1 is 1.25 bits per heavy atom. The zero-order valence-corrected chi connectivity index (χ0v) is 9.32. The summed E-state index contributed by atoms with van der Waals surface area (Å²) in [6.45, 7) is 2.13. The van der Waals surface area contributed by atoms with Crippen molar-refractivity contribution >= 4 is 0 Å². The molecule has 0 spiro atoms. The number of quaternary nitrogens is 1. The van der Waals surface area contributed by atoms with E-state index in [0.29, 0.717) is 0 Å². The van der Waals surface area contributed by atoms with Crippen LogP contribution in [0.5, 0.6) is 5.75 Å². The van der Waals surface area contributed by atoms with E-state index in [4.69, 9.17) is 0 Å². The molecule has 1 fully saturated rings. The third-order valence-corrected chi connectivity index (χ3v) is 3.24. The molecule has 0 unspecified atom stereocenters. The fraction of sp³-hybridized carbons (Fsp3) is 0.462. The van der Waals surface area contributed by atoms with Crippen molar-refractivity contribution in [2.75, 3.05) is 13.1 Å². The average molecular weight is 217 g/mol. The number of phenolic OH excluding ortho intramolecular Hbond substituents is 1. The minimum Gasteiger partial charge on any atom is -0.508 e. The van der Waals surface area contributed by atoms with Crippen molar-refractivity contribution in [3.05, 3.63) is 29.8 Å². The smallest absolute Gasteiger partial charge is 0.200 e. The highest BCUT2D eigenvalue weighted by molar-refractivity contribution is 5.30. The Bertz CT molecular complexity index is 391. The van der Waals surface area contributed by atoms with Crippen LogP contribution in [0.4, 0.5) is 0 Å². The van der Waals surface area contributed by atoms with Crippen LogP contribution in [0.3, 0.4) is 0 Å². The zero-order valence-electron chi connectivity index (χ0n) is 9.32. The summed E-state index contributed by atoms with van der Waals surface area (Å²) in [5.74, 6) is 0.245. The first-order valence-corrected chi connectivity index (χ1v) is 5.84. The number of nitrogens with zero attached hydrogens (tertiary/aromatic N) is 1. The second-order valence-corrected chi connectivity index (χ2v) is 4.38. The number of nitriles is 1. The van der Waals surface area contributed by atoms with Crippen molar-refractivity contribution in [3.8, 4) is 11.8 Å². The standard InChI is InChI=1S/C13H16N2O/c14-10-13(15-7-2-1-3-8-15)11-5-4-6-12(16)9-11/h4-6,9,13,16H,1-3,7-8H2/p+1/t13-/m0/s1. The highest BCUT2D eigenvalue weighted by Crippen LogP contribution is 2.16. The number of hydrogen-bond donors (Lipinski definition) is 2. The van der Waals surface area contributed by atoms with Crippen LogP contribution in [0.2, 0.25) is 0 Å². The lowest BCUT2D eigenvalue weighted by molar-refractivity contribution is -0.927. The molecule has 3 nitrogen and oxygen atoms in total. The molecule has 84 valence electrons. The number of hydrogen-bond acceptors (Lipinski definition) is 2. The summed E-state index contributed by atoms with van der Waals surface area (Å²) in [5, 5.41) is 18.7. The summed E-state index contributed by atoms with van der Waals surface area (Å²) in [4.78, 5) is 1.33. The molecule has 1 atom stereocenters. The summed E-state index contributed by atoms with van der Waals surface area (Å²) in [5.41, 5.74) is 0.930. The molecule has 1 saturated heterocycles. The molecule has 0 aromatic heterocycles. The lowest BCUT2D eigenvalue weighted by Gasteiger charge is -2.27. The van der Waals surface area contributed by atoms with Crippen molar-refractivity contribution in [1.29, 1.82) is 5.26 Å². The van der Waals surface area contributed by atoms with E-state index in [-0.39, 0.29) is 11.8 Å². The molecule has 2 rings (SSSR count). The van der Waals surface area contributed by atoms with Crippen LogP contribution in [0.15, 0.2) is 24.3 Å². The van der Waals surface area contributed by atoms with Gasteiger partial charge in [-0.2, -0.15) is 5.26 Å². The molecule has 1 aromatic rings. The minimum atomic E-state index is -0.132. The molecular weight excluding hydrogens is 200 g/mol. The van der Waals surface area contributed by atoms with Gasteiger partial charge in [0.15, 0.2) is 0 Å².